The van der Waals surface area contributed by atoms with Gasteiger partial charge in [-0.3, -0.25) is 9.69 Å². The van der Waals surface area contributed by atoms with Crippen molar-refractivity contribution in [3.63, 3.8) is 0 Å². The zero-order valence-electron chi connectivity index (χ0n) is 24.1. The number of hydrogen-bond donors (Lipinski definition) is 0. The number of benzene rings is 1. The van der Waals surface area contributed by atoms with Gasteiger partial charge in [-0.1, -0.05) is 25.7 Å². The Kier molecular flexibility index (Phi) is 7.65. The molecule has 0 radical (unpaired) electrons. The van der Waals surface area contributed by atoms with Crippen LogP contribution in [0.15, 0.2) is 36.5 Å². The normalized spacial score (nSPS) is 22.3. The number of thiophene rings is 1. The third-order valence-corrected chi connectivity index (χ3v) is 10.9. The SMILES string of the molecule is CC1CCCN1C1CCN(c2ccc3c(c2)CCN(C(=O)c2cc4c(ccn4CCOC[Si](C)(C)C)s2)C3)C1. The molecular formula is C31H44N4O2SSi. The van der Waals surface area contributed by atoms with Crippen molar-refractivity contribution in [1.29, 1.82) is 0 Å². The van der Waals surface area contributed by atoms with Crippen LogP contribution in [0.2, 0.25) is 19.6 Å². The number of ether oxygens (including phenoxy) is 1. The molecule has 8 heteroatoms. The molecule has 0 aliphatic carbocycles. The molecule has 0 spiro atoms. The number of fused-ring (bicyclic) bond motifs is 2. The summed E-state index contributed by atoms with van der Waals surface area (Å²) >= 11 is 1.62. The van der Waals surface area contributed by atoms with E-state index in [1.807, 2.05) is 4.90 Å². The fourth-order valence-corrected chi connectivity index (χ4v) is 8.42. The molecule has 39 heavy (non-hydrogen) atoms. The van der Waals surface area contributed by atoms with Crippen molar-refractivity contribution in [1.82, 2.24) is 14.4 Å². The van der Waals surface area contributed by atoms with Crippen LogP contribution in [0.1, 0.15) is 47.0 Å². The predicted molar refractivity (Wildman–Crippen MR) is 165 cm³/mol. The van der Waals surface area contributed by atoms with Crippen LogP contribution in [-0.2, 0) is 24.2 Å². The first kappa shape index (κ1) is 27.1. The maximum atomic E-state index is 13.5. The van der Waals surface area contributed by atoms with Crippen LogP contribution in [0.5, 0.6) is 0 Å². The van der Waals surface area contributed by atoms with Gasteiger partial charge < -0.3 is 19.1 Å². The van der Waals surface area contributed by atoms with E-state index in [0.29, 0.717) is 19.2 Å². The number of amides is 1. The molecule has 1 aromatic carbocycles. The highest BCUT2D eigenvalue weighted by Crippen LogP contribution is 2.32. The second kappa shape index (κ2) is 11.0. The van der Waals surface area contributed by atoms with Gasteiger partial charge in [0.1, 0.15) is 0 Å². The minimum absolute atomic E-state index is 0.162. The number of aromatic nitrogens is 1. The van der Waals surface area contributed by atoms with Gasteiger partial charge in [0.2, 0.25) is 0 Å². The Hall–Kier alpha value is -2.13. The first-order valence-corrected chi connectivity index (χ1v) is 19.4. The minimum atomic E-state index is -1.19. The van der Waals surface area contributed by atoms with E-state index in [4.69, 9.17) is 4.74 Å². The van der Waals surface area contributed by atoms with Crippen molar-refractivity contribution in [2.45, 2.75) is 77.4 Å². The molecule has 2 aromatic heterocycles. The third kappa shape index (κ3) is 5.85. The molecule has 0 bridgehead atoms. The maximum Gasteiger partial charge on any atom is 0.264 e. The van der Waals surface area contributed by atoms with Crippen molar-refractivity contribution in [2.24, 2.45) is 0 Å². The molecule has 2 atom stereocenters. The fraction of sp³-hybridized carbons (Fsp3) is 0.581. The van der Waals surface area contributed by atoms with E-state index in [9.17, 15) is 4.79 Å². The van der Waals surface area contributed by atoms with Crippen molar-refractivity contribution >= 4 is 41.2 Å². The molecule has 2 saturated heterocycles. The largest absolute Gasteiger partial charge is 0.383 e. The average Bonchev–Trinajstić information content (AvgIpc) is 3.70. The predicted octanol–water partition coefficient (Wildman–Crippen LogP) is 5.86. The van der Waals surface area contributed by atoms with Crippen molar-refractivity contribution in [2.75, 3.05) is 43.9 Å². The molecule has 5 heterocycles. The van der Waals surface area contributed by atoms with Gasteiger partial charge in [-0.2, -0.15) is 0 Å². The molecule has 3 aromatic rings. The minimum Gasteiger partial charge on any atom is -0.383 e. The monoisotopic (exact) mass is 564 g/mol. The van der Waals surface area contributed by atoms with Crippen LogP contribution in [0, 0.1) is 0 Å². The second-order valence-electron chi connectivity index (χ2n) is 13.0. The summed E-state index contributed by atoms with van der Waals surface area (Å²) < 4.78 is 9.35. The molecule has 3 aliphatic rings. The molecule has 6 nitrogen and oxygen atoms in total. The van der Waals surface area contributed by atoms with Crippen molar-refractivity contribution < 1.29 is 9.53 Å². The number of nitrogens with zero attached hydrogens (tertiary/aromatic N) is 4. The smallest absolute Gasteiger partial charge is 0.264 e. The van der Waals surface area contributed by atoms with E-state index < -0.39 is 8.07 Å². The summed E-state index contributed by atoms with van der Waals surface area (Å²) in [6, 6.07) is 12.6. The third-order valence-electron chi connectivity index (χ3n) is 8.77. The number of carbonyl (C=O) groups is 1. The molecule has 210 valence electrons. The van der Waals surface area contributed by atoms with Crippen LogP contribution < -0.4 is 4.90 Å². The van der Waals surface area contributed by atoms with E-state index in [0.717, 1.165) is 55.3 Å². The fourth-order valence-electron chi connectivity index (χ4n) is 6.63. The van der Waals surface area contributed by atoms with Gasteiger partial charge in [0.25, 0.3) is 5.91 Å². The summed E-state index contributed by atoms with van der Waals surface area (Å²) in [4.78, 5) is 21.7. The second-order valence-corrected chi connectivity index (χ2v) is 19.5. The molecule has 2 fully saturated rings. The van der Waals surface area contributed by atoms with E-state index in [1.165, 1.54) is 47.3 Å². The summed E-state index contributed by atoms with van der Waals surface area (Å²) in [6.45, 7) is 16.0. The van der Waals surface area contributed by atoms with Crippen LogP contribution in [0.4, 0.5) is 5.69 Å². The summed E-state index contributed by atoms with van der Waals surface area (Å²) in [7, 11) is -1.19. The molecule has 0 saturated carbocycles. The highest BCUT2D eigenvalue weighted by molar-refractivity contribution is 7.20. The van der Waals surface area contributed by atoms with E-state index in [1.54, 1.807) is 11.3 Å². The van der Waals surface area contributed by atoms with Crippen LogP contribution >= 0.6 is 11.3 Å². The lowest BCUT2D eigenvalue weighted by Crippen LogP contribution is -2.39. The summed E-state index contributed by atoms with van der Waals surface area (Å²) in [5.74, 6) is 0.162. The molecular weight excluding hydrogens is 521 g/mol. The number of likely N-dealkylation sites (tertiary alicyclic amines) is 1. The standard InChI is InChI=1S/C31H44N4O2SSi/c1-23-6-5-12-35(23)27-10-14-33(21-27)26-8-7-25-20-34(13-9-24(25)18-26)31(36)30-19-28-29(38-30)11-15-32(28)16-17-37-22-39(2,3)4/h7-8,11,15,18-19,23,27H,5-6,9-10,12-14,16-17,20-22H2,1-4H3. The number of anilines is 1. The molecule has 6 rings (SSSR count). The molecule has 1 amide bonds. The lowest BCUT2D eigenvalue weighted by molar-refractivity contribution is 0.0739. The zero-order chi connectivity index (χ0) is 27.1. The van der Waals surface area contributed by atoms with Gasteiger partial charge in [0.05, 0.1) is 29.8 Å². The van der Waals surface area contributed by atoms with Crippen LogP contribution in [-0.4, -0.2) is 79.4 Å². The van der Waals surface area contributed by atoms with Gasteiger partial charge >= 0.3 is 0 Å². The molecule has 0 N–H and O–H groups in total. The summed E-state index contributed by atoms with van der Waals surface area (Å²) in [5, 5.41) is 0. The Balaban J connectivity index is 1.07. The Morgan fingerprint density at radius 1 is 1.08 bits per heavy atom. The van der Waals surface area contributed by atoms with Gasteiger partial charge in [0, 0.05) is 62.9 Å². The lowest BCUT2D eigenvalue weighted by Gasteiger charge is -2.31. The van der Waals surface area contributed by atoms with E-state index in [-0.39, 0.29) is 5.91 Å². The lowest BCUT2D eigenvalue weighted by atomic mass is 9.98. The maximum absolute atomic E-state index is 13.5. The van der Waals surface area contributed by atoms with Crippen LogP contribution in [0.3, 0.4) is 0 Å². The van der Waals surface area contributed by atoms with Gasteiger partial charge in [-0.15, -0.1) is 11.3 Å². The van der Waals surface area contributed by atoms with Crippen molar-refractivity contribution in [3.8, 4) is 0 Å². The van der Waals surface area contributed by atoms with Crippen LogP contribution in [0.25, 0.3) is 10.2 Å². The van der Waals surface area contributed by atoms with E-state index in [2.05, 4.69) is 77.5 Å². The number of carbonyl (C=O) groups excluding carboxylic acids is 1. The summed E-state index contributed by atoms with van der Waals surface area (Å²) in [6.07, 6.45) is 7.91. The Morgan fingerprint density at radius 3 is 2.74 bits per heavy atom. The van der Waals surface area contributed by atoms with E-state index >= 15 is 0 Å². The topological polar surface area (TPSA) is 41.0 Å². The zero-order valence-corrected chi connectivity index (χ0v) is 25.9. The Labute approximate surface area is 238 Å². The van der Waals surface area contributed by atoms with Crippen molar-refractivity contribution in [3.05, 3.63) is 52.5 Å². The highest BCUT2D eigenvalue weighted by Gasteiger charge is 2.33. The molecule has 3 aliphatic heterocycles. The number of rotatable bonds is 8. The van der Waals surface area contributed by atoms with Gasteiger partial charge in [-0.05, 0) is 74.5 Å². The van der Waals surface area contributed by atoms with Gasteiger partial charge in [-0.25, -0.2) is 0 Å². The highest BCUT2D eigenvalue weighted by atomic mass is 32.1. The average molecular weight is 565 g/mol. The quantitative estimate of drug-likeness (QED) is 0.254. The first-order chi connectivity index (χ1) is 18.7. The van der Waals surface area contributed by atoms with Gasteiger partial charge in [0.15, 0.2) is 0 Å². The Bertz CT molecular complexity index is 1330. The Morgan fingerprint density at radius 2 is 1.95 bits per heavy atom. The molecule has 2 unspecified atom stereocenters. The number of hydrogen-bond acceptors (Lipinski definition) is 5. The summed E-state index contributed by atoms with van der Waals surface area (Å²) in [5.41, 5.74) is 5.22. The first-order valence-electron chi connectivity index (χ1n) is 14.8.